The number of carbonyl (C=O) groups is 2. The summed E-state index contributed by atoms with van der Waals surface area (Å²) < 4.78 is 50.4. The van der Waals surface area contributed by atoms with Crippen LogP contribution in [0.15, 0.2) is 121 Å². The largest absolute Gasteiger partial charge is 0.459 e. The van der Waals surface area contributed by atoms with Crippen LogP contribution < -0.4 is 5.32 Å². The molecule has 2 saturated heterocycles. The molecule has 298 valence electrons. The predicted octanol–water partition coefficient (Wildman–Crippen LogP) is 7.50. The molecule has 0 aromatic heterocycles. The van der Waals surface area contributed by atoms with E-state index in [9.17, 15) is 9.59 Å². The average Bonchev–Trinajstić information content (AvgIpc) is 3.53. The number of esters is 1. The molecule has 1 N–H and O–H groups in total. The van der Waals surface area contributed by atoms with Gasteiger partial charge in [0.15, 0.2) is 18.1 Å². The van der Waals surface area contributed by atoms with Crippen molar-refractivity contribution in [2.24, 2.45) is 5.92 Å². The molecule has 0 bridgehead atoms. The van der Waals surface area contributed by atoms with Crippen molar-refractivity contribution in [1.82, 2.24) is 5.32 Å². The van der Waals surface area contributed by atoms with Crippen LogP contribution in [-0.4, -0.2) is 67.3 Å². The quantitative estimate of drug-likeness (QED) is 0.108. The highest BCUT2D eigenvalue weighted by Crippen LogP contribution is 2.45. The molecule has 2 heterocycles. The SMILES string of the molecule is CC(C)(C)OC(=O)N[C@@H](CO[C@]1(C)C[C@H]2[C@H](O[C@H](COCc3ccccc3)[C@H](OCc3ccccc3)[C@@H]2OCc2ccccc2)O1)C(=O)OCc1ccccc1. The lowest BCUT2D eigenvalue weighted by Gasteiger charge is -2.43. The number of amides is 1. The van der Waals surface area contributed by atoms with Gasteiger partial charge in [0.2, 0.25) is 0 Å². The summed E-state index contributed by atoms with van der Waals surface area (Å²) in [5.41, 5.74) is 3.08. The van der Waals surface area contributed by atoms with Gasteiger partial charge in [0, 0.05) is 12.3 Å². The van der Waals surface area contributed by atoms with E-state index in [1.54, 1.807) is 27.7 Å². The smallest absolute Gasteiger partial charge is 0.408 e. The first-order valence-corrected chi connectivity index (χ1v) is 19.1. The first-order valence-electron chi connectivity index (χ1n) is 19.1. The van der Waals surface area contributed by atoms with Gasteiger partial charge in [-0.3, -0.25) is 0 Å². The molecule has 0 aliphatic carbocycles. The van der Waals surface area contributed by atoms with Crippen LogP contribution in [0, 0.1) is 5.92 Å². The second kappa shape index (κ2) is 19.5. The zero-order valence-electron chi connectivity index (χ0n) is 32.5. The van der Waals surface area contributed by atoms with Crippen molar-refractivity contribution >= 4 is 12.1 Å². The number of alkyl carbamates (subject to hydrolysis) is 1. The minimum atomic E-state index is -1.24. The van der Waals surface area contributed by atoms with Crippen molar-refractivity contribution < 1.29 is 47.5 Å². The lowest BCUT2D eigenvalue weighted by atomic mass is 9.87. The summed E-state index contributed by atoms with van der Waals surface area (Å²) in [6, 6.07) is 38.0. The van der Waals surface area contributed by atoms with Crippen LogP contribution in [-0.2, 0) is 69.1 Å². The summed E-state index contributed by atoms with van der Waals surface area (Å²) in [6.07, 6.45) is -2.75. The highest BCUT2D eigenvalue weighted by molar-refractivity contribution is 5.81. The summed E-state index contributed by atoms with van der Waals surface area (Å²) in [6.45, 7) is 8.09. The van der Waals surface area contributed by atoms with E-state index in [1.807, 2.05) is 121 Å². The van der Waals surface area contributed by atoms with E-state index in [0.717, 1.165) is 22.3 Å². The molecule has 1 amide bonds. The molecule has 11 nitrogen and oxygen atoms in total. The molecule has 0 radical (unpaired) electrons. The number of hydrogen-bond donors (Lipinski definition) is 1. The van der Waals surface area contributed by atoms with Gasteiger partial charge in [0.05, 0.1) is 39.1 Å². The standard InChI is InChI=1S/C45H53NO10/c1-44(2,3)56-43(48)46-37(41(47)52-29-35-23-15-8-16-24-35)30-53-45(4)25-36-39(50-27-33-19-11-6-12-20-33)40(51-28-34-21-13-7-14-22-34)38(54-42(36)55-45)31-49-26-32-17-9-5-10-18-32/h5-24,36-40,42H,25-31H2,1-4H3,(H,46,48)/t36-,37+,38-,39-,40+,42-,45+/m1/s1. The number of rotatable bonds is 17. The van der Waals surface area contributed by atoms with Crippen molar-refractivity contribution in [3.63, 3.8) is 0 Å². The van der Waals surface area contributed by atoms with Crippen LogP contribution in [0.4, 0.5) is 4.79 Å². The summed E-state index contributed by atoms with van der Waals surface area (Å²) in [5, 5.41) is 2.64. The minimum Gasteiger partial charge on any atom is -0.459 e. The number of nitrogens with one attached hydrogen (secondary N) is 1. The van der Waals surface area contributed by atoms with Crippen LogP contribution in [0.25, 0.3) is 0 Å². The molecule has 2 fully saturated rings. The molecule has 4 aromatic carbocycles. The van der Waals surface area contributed by atoms with Gasteiger partial charge < -0.3 is 43.2 Å². The van der Waals surface area contributed by atoms with Crippen molar-refractivity contribution in [3.8, 4) is 0 Å². The summed E-state index contributed by atoms with van der Waals surface area (Å²) in [5.74, 6) is -2.23. The van der Waals surface area contributed by atoms with Crippen molar-refractivity contribution in [2.45, 2.75) is 103 Å². The Balaban J connectivity index is 1.20. The predicted molar refractivity (Wildman–Crippen MR) is 208 cm³/mol. The monoisotopic (exact) mass is 767 g/mol. The summed E-state index contributed by atoms with van der Waals surface area (Å²) >= 11 is 0. The van der Waals surface area contributed by atoms with Crippen LogP contribution in [0.3, 0.4) is 0 Å². The van der Waals surface area contributed by atoms with Gasteiger partial charge in [0.25, 0.3) is 0 Å². The number of ether oxygens (including phenoxy) is 8. The molecular formula is C45H53NO10. The Morgan fingerprint density at radius 1 is 0.732 bits per heavy atom. The molecule has 2 aliphatic heterocycles. The van der Waals surface area contributed by atoms with Crippen LogP contribution >= 0.6 is 0 Å². The van der Waals surface area contributed by atoms with Gasteiger partial charge >= 0.3 is 12.1 Å². The van der Waals surface area contributed by atoms with Gasteiger partial charge in [-0.2, -0.15) is 0 Å². The Morgan fingerprint density at radius 3 is 1.77 bits per heavy atom. The Bertz CT molecular complexity index is 1790. The zero-order chi connectivity index (χ0) is 39.4. The second-order valence-electron chi connectivity index (χ2n) is 15.3. The van der Waals surface area contributed by atoms with E-state index in [4.69, 9.17) is 37.9 Å². The van der Waals surface area contributed by atoms with Gasteiger partial charge in [-0.1, -0.05) is 121 Å². The third-order valence-electron chi connectivity index (χ3n) is 9.46. The fourth-order valence-corrected chi connectivity index (χ4v) is 6.77. The fourth-order valence-electron chi connectivity index (χ4n) is 6.77. The molecule has 2 aliphatic rings. The maximum atomic E-state index is 13.4. The Kier molecular flexibility index (Phi) is 14.3. The topological polar surface area (TPSA) is 120 Å². The van der Waals surface area contributed by atoms with E-state index in [-0.39, 0.29) is 25.7 Å². The van der Waals surface area contributed by atoms with Gasteiger partial charge in [-0.25, -0.2) is 9.59 Å². The lowest BCUT2D eigenvalue weighted by Crippen LogP contribution is -2.56. The Morgan fingerprint density at radius 2 is 1.23 bits per heavy atom. The average molecular weight is 768 g/mol. The highest BCUT2D eigenvalue weighted by Gasteiger charge is 2.56. The first-order chi connectivity index (χ1) is 27.0. The van der Waals surface area contributed by atoms with Crippen molar-refractivity contribution in [2.75, 3.05) is 13.2 Å². The summed E-state index contributed by atoms with van der Waals surface area (Å²) in [7, 11) is 0. The molecular weight excluding hydrogens is 714 g/mol. The molecule has 0 saturated carbocycles. The maximum absolute atomic E-state index is 13.4. The van der Waals surface area contributed by atoms with Gasteiger partial charge in [-0.15, -0.1) is 0 Å². The second-order valence-corrected chi connectivity index (χ2v) is 15.3. The number of fused-ring (bicyclic) bond motifs is 1. The molecule has 6 rings (SSSR count). The van der Waals surface area contributed by atoms with E-state index < -0.39 is 54.1 Å². The maximum Gasteiger partial charge on any atom is 0.408 e. The number of carbonyl (C=O) groups excluding carboxylic acids is 2. The minimum absolute atomic E-state index is 0.0243. The van der Waals surface area contributed by atoms with Crippen LogP contribution in [0.1, 0.15) is 56.4 Å². The van der Waals surface area contributed by atoms with E-state index in [0.29, 0.717) is 26.2 Å². The van der Waals surface area contributed by atoms with Crippen molar-refractivity contribution in [1.29, 1.82) is 0 Å². The van der Waals surface area contributed by atoms with Crippen molar-refractivity contribution in [3.05, 3.63) is 144 Å². The van der Waals surface area contributed by atoms with Gasteiger partial charge in [0.1, 0.15) is 24.4 Å². The van der Waals surface area contributed by atoms with E-state index in [2.05, 4.69) is 5.32 Å². The molecule has 7 atom stereocenters. The third-order valence-corrected chi connectivity index (χ3v) is 9.46. The van der Waals surface area contributed by atoms with Gasteiger partial charge in [-0.05, 0) is 49.9 Å². The molecule has 4 aromatic rings. The number of benzene rings is 4. The van der Waals surface area contributed by atoms with Crippen LogP contribution in [0.5, 0.6) is 0 Å². The number of hydrogen-bond acceptors (Lipinski definition) is 10. The summed E-state index contributed by atoms with van der Waals surface area (Å²) in [4.78, 5) is 26.3. The van der Waals surface area contributed by atoms with E-state index in [1.165, 1.54) is 0 Å². The fraction of sp³-hybridized carbons (Fsp3) is 0.422. The first kappa shape index (κ1) is 41.0. The Hall–Kier alpha value is -4.62. The molecule has 0 spiro atoms. The Labute approximate surface area is 329 Å². The molecule has 56 heavy (non-hydrogen) atoms. The molecule has 0 unspecified atom stereocenters. The lowest BCUT2D eigenvalue weighted by molar-refractivity contribution is -0.317. The van der Waals surface area contributed by atoms with E-state index >= 15 is 0 Å². The molecule has 11 heteroatoms. The zero-order valence-corrected chi connectivity index (χ0v) is 32.5. The van der Waals surface area contributed by atoms with Crippen LogP contribution in [0.2, 0.25) is 0 Å². The normalized spacial score (nSPS) is 23.8. The highest BCUT2D eigenvalue weighted by atomic mass is 16.8. The third kappa shape index (κ3) is 12.2.